The van der Waals surface area contributed by atoms with E-state index in [1.54, 1.807) is 11.6 Å². The average Bonchev–Trinajstić information content (AvgIpc) is 3.14. The first-order valence-electron chi connectivity index (χ1n) is 10.8. The summed E-state index contributed by atoms with van der Waals surface area (Å²) in [6.07, 6.45) is 4.75. The van der Waals surface area contributed by atoms with E-state index in [1.807, 2.05) is 26.1 Å². The zero-order valence-electron chi connectivity index (χ0n) is 19.4. The molecule has 1 aliphatic rings. The number of rotatable bonds is 7. The van der Waals surface area contributed by atoms with Crippen LogP contribution in [0.15, 0.2) is 30.5 Å². The molecule has 12 heteroatoms. The van der Waals surface area contributed by atoms with E-state index in [9.17, 15) is 13.2 Å². The Morgan fingerprint density at radius 2 is 2.03 bits per heavy atom. The highest BCUT2D eigenvalue weighted by Gasteiger charge is 2.27. The van der Waals surface area contributed by atoms with Gasteiger partial charge in [-0.05, 0) is 44.9 Å². The number of carbonyl (C=O) groups excluding carboxylic acids is 1. The van der Waals surface area contributed by atoms with Crippen molar-refractivity contribution in [3.63, 3.8) is 0 Å². The molecule has 0 aliphatic heterocycles. The average molecular weight is 506 g/mol. The van der Waals surface area contributed by atoms with Crippen molar-refractivity contribution in [1.82, 2.24) is 19.5 Å². The van der Waals surface area contributed by atoms with Gasteiger partial charge in [-0.3, -0.25) is 9.52 Å². The maximum absolute atomic E-state index is 13.3. The summed E-state index contributed by atoms with van der Waals surface area (Å²) in [6.45, 7) is 3.80. The highest BCUT2D eigenvalue weighted by molar-refractivity contribution is 7.92. The fourth-order valence-electron chi connectivity index (χ4n) is 3.90. The van der Waals surface area contributed by atoms with Gasteiger partial charge in [0.25, 0.3) is 5.91 Å². The van der Waals surface area contributed by atoms with Crippen molar-refractivity contribution in [3.8, 4) is 0 Å². The Bertz CT molecular complexity index is 1350. The monoisotopic (exact) mass is 505 g/mol. The normalized spacial score (nSPS) is 18.9. The Kier molecular flexibility index (Phi) is 6.45. The zero-order valence-corrected chi connectivity index (χ0v) is 21.0. The van der Waals surface area contributed by atoms with Gasteiger partial charge in [0, 0.05) is 42.0 Å². The molecular formula is C22H28ClN7O3S. The van der Waals surface area contributed by atoms with Crippen LogP contribution in [0.25, 0.3) is 5.65 Å². The number of nitrogens with one attached hydrogen (secondary N) is 2. The molecule has 1 aromatic carbocycles. The molecule has 1 saturated carbocycles. The van der Waals surface area contributed by atoms with E-state index in [0.29, 0.717) is 22.4 Å². The number of hydrogen-bond acceptors (Lipinski definition) is 7. The van der Waals surface area contributed by atoms with Crippen LogP contribution in [0.1, 0.15) is 47.4 Å². The number of nitrogens with zero attached hydrogens (tertiary/aromatic N) is 4. The molecular weight excluding hydrogens is 478 g/mol. The van der Waals surface area contributed by atoms with Gasteiger partial charge in [-0.1, -0.05) is 11.6 Å². The number of hydrogen-bond donors (Lipinski definition) is 3. The second kappa shape index (κ2) is 9.05. The zero-order chi connectivity index (χ0) is 24.8. The third-order valence-corrected chi connectivity index (χ3v) is 6.83. The van der Waals surface area contributed by atoms with Crippen molar-refractivity contribution in [2.24, 2.45) is 5.73 Å². The predicted molar refractivity (Wildman–Crippen MR) is 133 cm³/mol. The Morgan fingerprint density at radius 3 is 2.68 bits per heavy atom. The van der Waals surface area contributed by atoms with E-state index in [2.05, 4.69) is 15.1 Å². The van der Waals surface area contributed by atoms with Gasteiger partial charge in [-0.2, -0.15) is 5.10 Å². The van der Waals surface area contributed by atoms with Crippen molar-refractivity contribution in [3.05, 3.63) is 52.3 Å². The summed E-state index contributed by atoms with van der Waals surface area (Å²) in [5.74, 6) is 0.398. The number of carbonyl (C=O) groups is 1. The minimum atomic E-state index is -3.58. The van der Waals surface area contributed by atoms with Crippen LogP contribution in [-0.4, -0.2) is 59.2 Å². The highest BCUT2D eigenvalue weighted by atomic mass is 35.5. The first-order chi connectivity index (χ1) is 15.9. The van der Waals surface area contributed by atoms with Crippen molar-refractivity contribution in [2.45, 2.75) is 44.8 Å². The van der Waals surface area contributed by atoms with Crippen LogP contribution >= 0.6 is 11.6 Å². The van der Waals surface area contributed by atoms with Gasteiger partial charge >= 0.3 is 0 Å². The molecule has 0 unspecified atom stereocenters. The van der Waals surface area contributed by atoms with Crippen LogP contribution in [0.2, 0.25) is 5.02 Å². The van der Waals surface area contributed by atoms with E-state index in [-0.39, 0.29) is 17.3 Å². The number of fused-ring (bicyclic) bond motifs is 1. The molecule has 2 aromatic heterocycles. The quantitative estimate of drug-likeness (QED) is 0.449. The van der Waals surface area contributed by atoms with Gasteiger partial charge in [0.2, 0.25) is 10.0 Å². The minimum absolute atomic E-state index is 0.148. The largest absolute Gasteiger partial charge is 0.367 e. The van der Waals surface area contributed by atoms with Crippen LogP contribution in [0.3, 0.4) is 0 Å². The molecule has 182 valence electrons. The number of anilines is 2. The molecule has 1 atom stereocenters. The van der Waals surface area contributed by atoms with Crippen LogP contribution in [0.5, 0.6) is 0 Å². The minimum Gasteiger partial charge on any atom is -0.367 e. The maximum atomic E-state index is 13.3. The predicted octanol–water partition coefficient (Wildman–Crippen LogP) is 2.80. The lowest BCUT2D eigenvalue weighted by atomic mass is 9.87. The summed E-state index contributed by atoms with van der Waals surface area (Å²) in [7, 11) is -1.95. The molecule has 4 rings (SSSR count). The van der Waals surface area contributed by atoms with Crippen LogP contribution in [0, 0.1) is 6.92 Å². The summed E-state index contributed by atoms with van der Waals surface area (Å²) in [5.41, 5.74) is 8.44. The van der Waals surface area contributed by atoms with Crippen LogP contribution in [0.4, 0.5) is 11.5 Å². The van der Waals surface area contributed by atoms with Crippen molar-refractivity contribution < 1.29 is 13.2 Å². The molecule has 1 amide bonds. The number of nitrogens with two attached hydrogens (primary N) is 1. The molecule has 0 spiro atoms. The molecule has 0 radical (unpaired) electrons. The number of halogens is 1. The molecule has 0 bridgehead atoms. The number of amides is 1. The van der Waals surface area contributed by atoms with Crippen molar-refractivity contribution in [2.75, 3.05) is 23.3 Å². The first kappa shape index (κ1) is 24.2. The maximum Gasteiger partial charge on any atom is 0.256 e. The van der Waals surface area contributed by atoms with E-state index in [4.69, 9.17) is 22.3 Å². The first-order valence-corrected chi connectivity index (χ1v) is 13.1. The molecule has 2 heterocycles. The fraction of sp³-hybridized carbons (Fsp3) is 0.409. The number of aromatic nitrogens is 3. The lowest BCUT2D eigenvalue weighted by molar-refractivity contribution is 0.0740. The highest BCUT2D eigenvalue weighted by Crippen LogP contribution is 2.28. The molecule has 0 saturated heterocycles. The number of sulfonamides is 1. The van der Waals surface area contributed by atoms with E-state index >= 15 is 0 Å². The smallest absolute Gasteiger partial charge is 0.256 e. The molecule has 1 fully saturated rings. The third-order valence-electron chi connectivity index (χ3n) is 6.00. The van der Waals surface area contributed by atoms with Crippen molar-refractivity contribution in [1.29, 1.82) is 0 Å². The molecule has 4 N–H and O–H groups in total. The topological polar surface area (TPSA) is 135 Å². The third kappa shape index (κ3) is 5.11. The Morgan fingerprint density at radius 1 is 1.32 bits per heavy atom. The summed E-state index contributed by atoms with van der Waals surface area (Å²) in [6, 6.07) is 6.41. The second-order valence-corrected chi connectivity index (χ2v) is 11.1. The van der Waals surface area contributed by atoms with E-state index < -0.39 is 22.0 Å². The summed E-state index contributed by atoms with van der Waals surface area (Å²) in [5, 5.41) is 8.37. The van der Waals surface area contributed by atoms with E-state index in [1.165, 1.54) is 23.1 Å². The summed E-state index contributed by atoms with van der Waals surface area (Å²) in [4.78, 5) is 19.5. The van der Waals surface area contributed by atoms with Gasteiger partial charge < -0.3 is 16.0 Å². The van der Waals surface area contributed by atoms with Gasteiger partial charge in [0.1, 0.15) is 5.82 Å². The Labute approximate surface area is 203 Å². The fourth-order valence-corrected chi connectivity index (χ4v) is 4.65. The number of benzene rings is 1. The second-order valence-electron chi connectivity index (χ2n) is 8.87. The van der Waals surface area contributed by atoms with Crippen molar-refractivity contribution >= 4 is 44.7 Å². The number of aryl methyl sites for hydroxylation is 1. The van der Waals surface area contributed by atoms with Gasteiger partial charge in [-0.15, -0.1) is 0 Å². The lowest BCUT2D eigenvalue weighted by Gasteiger charge is -2.33. The molecule has 3 aromatic rings. The SMILES string of the molecule is Cc1cn2nc([C@H](C)N(C)C(=O)c3cc(Cl)ccc3NS(C)(=O)=O)cc2nc1NC1CC(N)C1. The Hall–Kier alpha value is -2.89. The molecule has 1 aliphatic carbocycles. The Balaban J connectivity index is 1.59. The summed E-state index contributed by atoms with van der Waals surface area (Å²) < 4.78 is 27.6. The van der Waals surface area contributed by atoms with Gasteiger partial charge in [-0.25, -0.2) is 17.9 Å². The van der Waals surface area contributed by atoms with Crippen LogP contribution < -0.4 is 15.8 Å². The standard InChI is InChI=1S/C22H28ClN7O3S/c1-12-11-30-20(26-21(12)25-16-8-15(24)9-16)10-19(27-30)13(2)29(3)22(31)17-7-14(23)5-6-18(17)28-34(4,32)33/h5-7,10-11,13,15-16,28H,8-9,24H2,1-4H3,(H,25,26)/t13-,15?,16?/m0/s1. The van der Waals surface area contributed by atoms with Gasteiger partial charge in [0.15, 0.2) is 5.65 Å². The van der Waals surface area contributed by atoms with Gasteiger partial charge in [0.05, 0.1) is 29.2 Å². The van der Waals surface area contributed by atoms with Crippen LogP contribution in [-0.2, 0) is 10.0 Å². The lowest BCUT2D eigenvalue weighted by Crippen LogP contribution is -2.44. The molecule has 34 heavy (non-hydrogen) atoms. The molecule has 10 nitrogen and oxygen atoms in total. The van der Waals surface area contributed by atoms with E-state index in [0.717, 1.165) is 30.5 Å². The summed E-state index contributed by atoms with van der Waals surface area (Å²) >= 11 is 6.09.